The van der Waals surface area contributed by atoms with E-state index in [1.54, 1.807) is 11.0 Å². The fourth-order valence-electron chi connectivity index (χ4n) is 2.41. The van der Waals surface area contributed by atoms with E-state index in [-0.39, 0.29) is 35.8 Å². The van der Waals surface area contributed by atoms with Gasteiger partial charge in [-0.05, 0) is 19.9 Å². The largest absolute Gasteiger partial charge is 0.338 e. The lowest BCUT2D eigenvalue weighted by Crippen LogP contribution is -2.40. The molecule has 1 aromatic rings. The van der Waals surface area contributed by atoms with Crippen molar-refractivity contribution in [2.45, 2.75) is 32.4 Å². The Bertz CT molecular complexity index is 602. The number of benzene rings is 1. The second-order valence-electron chi connectivity index (χ2n) is 5.41. The molecule has 0 saturated carbocycles. The molecule has 1 unspecified atom stereocenters. The zero-order chi connectivity index (χ0) is 16.3. The lowest BCUT2D eigenvalue weighted by atomic mass is 10.2. The van der Waals surface area contributed by atoms with Crippen LogP contribution in [0.4, 0.5) is 16.2 Å². The number of anilines is 1. The van der Waals surface area contributed by atoms with E-state index in [1.165, 1.54) is 18.2 Å². The summed E-state index contributed by atoms with van der Waals surface area (Å²) in [5, 5.41) is 16.0. The first-order valence-electron chi connectivity index (χ1n) is 6.99. The van der Waals surface area contributed by atoms with Crippen molar-refractivity contribution >= 4 is 23.3 Å². The summed E-state index contributed by atoms with van der Waals surface area (Å²) < 4.78 is 0. The van der Waals surface area contributed by atoms with Crippen molar-refractivity contribution in [3.63, 3.8) is 0 Å². The van der Waals surface area contributed by atoms with Gasteiger partial charge in [-0.25, -0.2) is 4.79 Å². The van der Waals surface area contributed by atoms with Gasteiger partial charge < -0.3 is 15.5 Å². The molecule has 1 heterocycles. The number of nitro benzene ring substituents is 1. The van der Waals surface area contributed by atoms with Crippen molar-refractivity contribution in [1.82, 2.24) is 10.2 Å². The van der Waals surface area contributed by atoms with Crippen LogP contribution in [-0.4, -0.2) is 40.4 Å². The standard InChI is InChI=1S/C14H18N4O4/c1-9(2)17-8-10(7-13(17)19)15-14(20)16-11-5-3-4-6-12(11)18(21)22/h3-6,9-10H,7-8H2,1-2H3,(H2,15,16,20). The van der Waals surface area contributed by atoms with Crippen LogP contribution >= 0.6 is 0 Å². The van der Waals surface area contributed by atoms with Crippen LogP contribution in [0.2, 0.25) is 0 Å². The molecule has 0 radical (unpaired) electrons. The predicted octanol–water partition coefficient (Wildman–Crippen LogP) is 1.73. The maximum atomic E-state index is 12.0. The molecule has 118 valence electrons. The third-order valence-corrected chi connectivity index (χ3v) is 3.47. The van der Waals surface area contributed by atoms with Crippen LogP contribution in [0.3, 0.4) is 0 Å². The summed E-state index contributed by atoms with van der Waals surface area (Å²) in [7, 11) is 0. The first kappa shape index (κ1) is 15.7. The van der Waals surface area contributed by atoms with Crippen molar-refractivity contribution in [1.29, 1.82) is 0 Å². The summed E-state index contributed by atoms with van der Waals surface area (Å²) in [6.07, 6.45) is 0.239. The van der Waals surface area contributed by atoms with Gasteiger partial charge in [0.15, 0.2) is 0 Å². The van der Waals surface area contributed by atoms with Crippen molar-refractivity contribution < 1.29 is 14.5 Å². The number of nitrogens with zero attached hydrogens (tertiary/aromatic N) is 2. The molecule has 1 fully saturated rings. The van der Waals surface area contributed by atoms with Crippen molar-refractivity contribution in [3.05, 3.63) is 34.4 Å². The number of likely N-dealkylation sites (tertiary alicyclic amines) is 1. The zero-order valence-corrected chi connectivity index (χ0v) is 12.4. The Labute approximate surface area is 127 Å². The summed E-state index contributed by atoms with van der Waals surface area (Å²) in [6.45, 7) is 4.27. The summed E-state index contributed by atoms with van der Waals surface area (Å²) in [5.41, 5.74) is -0.0565. The highest BCUT2D eigenvalue weighted by Crippen LogP contribution is 2.23. The van der Waals surface area contributed by atoms with Gasteiger partial charge in [0.1, 0.15) is 5.69 Å². The number of para-hydroxylation sites is 2. The molecule has 0 aliphatic carbocycles. The molecule has 2 N–H and O–H groups in total. The van der Waals surface area contributed by atoms with Crippen molar-refractivity contribution in [2.75, 3.05) is 11.9 Å². The molecule has 1 saturated heterocycles. The minimum atomic E-state index is -0.560. The topological polar surface area (TPSA) is 105 Å². The summed E-state index contributed by atoms with van der Waals surface area (Å²) >= 11 is 0. The molecule has 8 nitrogen and oxygen atoms in total. The lowest BCUT2D eigenvalue weighted by molar-refractivity contribution is -0.383. The predicted molar refractivity (Wildman–Crippen MR) is 80.5 cm³/mol. The van der Waals surface area contributed by atoms with Crippen LogP contribution in [-0.2, 0) is 4.79 Å². The molecule has 2 rings (SSSR count). The number of nitrogens with one attached hydrogen (secondary N) is 2. The molecule has 1 aliphatic heterocycles. The number of carbonyl (C=O) groups is 2. The van der Waals surface area contributed by atoms with Gasteiger partial charge in [0, 0.05) is 25.1 Å². The van der Waals surface area contributed by atoms with Gasteiger partial charge in [0.25, 0.3) is 5.69 Å². The van der Waals surface area contributed by atoms with Crippen LogP contribution in [0.25, 0.3) is 0 Å². The Kier molecular flexibility index (Phi) is 4.59. The highest BCUT2D eigenvalue weighted by molar-refractivity contribution is 5.92. The van der Waals surface area contributed by atoms with E-state index >= 15 is 0 Å². The Morgan fingerprint density at radius 2 is 2.09 bits per heavy atom. The van der Waals surface area contributed by atoms with Crippen LogP contribution in [0.5, 0.6) is 0 Å². The highest BCUT2D eigenvalue weighted by atomic mass is 16.6. The third-order valence-electron chi connectivity index (χ3n) is 3.47. The van der Waals surface area contributed by atoms with Gasteiger partial charge in [0.05, 0.1) is 11.0 Å². The van der Waals surface area contributed by atoms with Crippen LogP contribution in [0.15, 0.2) is 24.3 Å². The molecule has 1 atom stereocenters. The van der Waals surface area contributed by atoms with Gasteiger partial charge >= 0.3 is 6.03 Å². The average Bonchev–Trinajstić information content (AvgIpc) is 2.79. The monoisotopic (exact) mass is 306 g/mol. The number of carbonyl (C=O) groups excluding carboxylic acids is 2. The van der Waals surface area contributed by atoms with Gasteiger partial charge in [-0.3, -0.25) is 14.9 Å². The summed E-state index contributed by atoms with van der Waals surface area (Å²) in [6, 6.07) is 5.13. The molecule has 1 aliphatic rings. The molecule has 0 spiro atoms. The zero-order valence-electron chi connectivity index (χ0n) is 12.4. The number of hydrogen-bond donors (Lipinski definition) is 2. The molecule has 1 aromatic carbocycles. The van der Waals surface area contributed by atoms with Crippen LogP contribution < -0.4 is 10.6 Å². The fraction of sp³-hybridized carbons (Fsp3) is 0.429. The molecule has 0 bridgehead atoms. The van der Waals surface area contributed by atoms with Gasteiger partial charge in [0.2, 0.25) is 5.91 Å². The van der Waals surface area contributed by atoms with E-state index in [1.807, 2.05) is 13.8 Å². The van der Waals surface area contributed by atoms with Gasteiger partial charge in [-0.15, -0.1) is 0 Å². The van der Waals surface area contributed by atoms with Crippen LogP contribution in [0.1, 0.15) is 20.3 Å². The number of amides is 3. The Balaban J connectivity index is 1.97. The number of hydrogen-bond acceptors (Lipinski definition) is 4. The van der Waals surface area contributed by atoms with E-state index in [4.69, 9.17) is 0 Å². The number of urea groups is 1. The Morgan fingerprint density at radius 1 is 1.41 bits per heavy atom. The maximum Gasteiger partial charge on any atom is 0.319 e. The molecule has 8 heteroatoms. The summed E-state index contributed by atoms with van der Waals surface area (Å²) in [4.78, 5) is 35.7. The van der Waals surface area contributed by atoms with Gasteiger partial charge in [-0.1, -0.05) is 12.1 Å². The van der Waals surface area contributed by atoms with Crippen molar-refractivity contribution in [2.24, 2.45) is 0 Å². The SMILES string of the molecule is CC(C)N1CC(NC(=O)Nc2ccccc2[N+](=O)[O-])CC1=O. The Morgan fingerprint density at radius 3 is 2.68 bits per heavy atom. The van der Waals surface area contributed by atoms with Gasteiger partial charge in [-0.2, -0.15) is 0 Å². The second kappa shape index (κ2) is 6.42. The normalized spacial score (nSPS) is 17.7. The number of nitro groups is 1. The minimum absolute atomic E-state index is 0.00834. The first-order valence-corrected chi connectivity index (χ1v) is 6.99. The van der Waals surface area contributed by atoms with E-state index in [2.05, 4.69) is 10.6 Å². The average molecular weight is 306 g/mol. The highest BCUT2D eigenvalue weighted by Gasteiger charge is 2.32. The fourth-order valence-corrected chi connectivity index (χ4v) is 2.41. The number of rotatable bonds is 4. The summed E-state index contributed by atoms with van der Waals surface area (Å²) in [5.74, 6) is -0.00834. The van der Waals surface area contributed by atoms with Crippen LogP contribution in [0, 0.1) is 10.1 Å². The molecule has 3 amide bonds. The molecular weight excluding hydrogens is 288 g/mol. The van der Waals surface area contributed by atoms with Crippen molar-refractivity contribution in [3.8, 4) is 0 Å². The third kappa shape index (κ3) is 3.51. The minimum Gasteiger partial charge on any atom is -0.338 e. The van der Waals surface area contributed by atoms with E-state index in [0.717, 1.165) is 0 Å². The molecular formula is C14H18N4O4. The first-order chi connectivity index (χ1) is 10.4. The lowest BCUT2D eigenvalue weighted by Gasteiger charge is -2.21. The van der Waals surface area contributed by atoms with E-state index < -0.39 is 11.0 Å². The van der Waals surface area contributed by atoms with E-state index in [9.17, 15) is 19.7 Å². The van der Waals surface area contributed by atoms with E-state index in [0.29, 0.717) is 6.54 Å². The smallest absolute Gasteiger partial charge is 0.319 e. The molecule has 22 heavy (non-hydrogen) atoms. The quantitative estimate of drug-likeness (QED) is 0.652. The maximum absolute atomic E-state index is 12.0. The Hall–Kier alpha value is -2.64. The second-order valence-corrected chi connectivity index (χ2v) is 5.41. The molecule has 0 aromatic heterocycles.